The monoisotopic (exact) mass is 340 g/mol. The Morgan fingerprint density at radius 3 is 2.52 bits per heavy atom. The molecule has 0 bridgehead atoms. The molecule has 0 atom stereocenters. The van der Waals surface area contributed by atoms with Crippen molar-refractivity contribution in [2.24, 2.45) is 0 Å². The molecule has 7 nitrogen and oxygen atoms in total. The van der Waals surface area contributed by atoms with Crippen LogP contribution in [0.1, 0.15) is 37.2 Å². The van der Waals surface area contributed by atoms with E-state index in [-0.39, 0.29) is 5.56 Å². The smallest absolute Gasteiger partial charge is 0.248 e. The lowest BCUT2D eigenvalue weighted by Crippen LogP contribution is -2.34. The topological polar surface area (TPSA) is 91.1 Å². The maximum Gasteiger partial charge on any atom is 0.248 e. The van der Waals surface area contributed by atoms with Crippen LogP contribution in [-0.2, 0) is 0 Å². The molecule has 4 heterocycles. The SMILES string of the molecule is Nc1cc(N2CCC(c3cc[nH]c(=O)c3)CC2)nc(N2CCCC2)n1. The van der Waals surface area contributed by atoms with Crippen molar-refractivity contribution in [3.63, 3.8) is 0 Å². The molecule has 0 aliphatic carbocycles. The molecule has 3 N–H and O–H groups in total. The number of aromatic nitrogens is 3. The number of nitrogens with zero attached hydrogens (tertiary/aromatic N) is 4. The lowest BCUT2D eigenvalue weighted by molar-refractivity contribution is 0.502. The number of pyridine rings is 1. The summed E-state index contributed by atoms with van der Waals surface area (Å²) in [6.45, 7) is 3.84. The number of H-pyrrole nitrogens is 1. The molecule has 2 saturated heterocycles. The van der Waals surface area contributed by atoms with Gasteiger partial charge in [0.2, 0.25) is 11.5 Å². The fourth-order valence-corrected chi connectivity index (χ4v) is 3.82. The molecule has 2 aromatic rings. The predicted octanol–water partition coefficient (Wildman–Crippen LogP) is 1.73. The van der Waals surface area contributed by atoms with Crippen LogP contribution in [0.2, 0.25) is 0 Å². The van der Waals surface area contributed by atoms with Crippen LogP contribution in [0.4, 0.5) is 17.6 Å². The summed E-state index contributed by atoms with van der Waals surface area (Å²) in [5.41, 5.74) is 7.13. The molecule has 25 heavy (non-hydrogen) atoms. The average molecular weight is 340 g/mol. The normalized spacial score (nSPS) is 18.7. The highest BCUT2D eigenvalue weighted by Crippen LogP contribution is 2.30. The van der Waals surface area contributed by atoms with Crippen LogP contribution in [0.5, 0.6) is 0 Å². The third kappa shape index (κ3) is 3.45. The number of rotatable bonds is 3. The van der Waals surface area contributed by atoms with E-state index < -0.39 is 0 Å². The van der Waals surface area contributed by atoms with Crippen LogP contribution in [0.3, 0.4) is 0 Å². The van der Waals surface area contributed by atoms with E-state index in [1.54, 1.807) is 12.3 Å². The summed E-state index contributed by atoms with van der Waals surface area (Å²) in [5, 5.41) is 0. The maximum absolute atomic E-state index is 11.5. The van der Waals surface area contributed by atoms with Crippen LogP contribution in [0.25, 0.3) is 0 Å². The molecular formula is C18H24N6O. The zero-order valence-corrected chi connectivity index (χ0v) is 14.3. The Hall–Kier alpha value is -2.57. The van der Waals surface area contributed by atoms with Crippen molar-refractivity contribution in [2.75, 3.05) is 41.7 Å². The first-order valence-electron chi connectivity index (χ1n) is 9.02. The van der Waals surface area contributed by atoms with Gasteiger partial charge in [0.15, 0.2) is 0 Å². The third-order valence-electron chi connectivity index (χ3n) is 5.20. The number of nitrogens with one attached hydrogen (secondary N) is 1. The minimum Gasteiger partial charge on any atom is -0.383 e. The van der Waals surface area contributed by atoms with Crippen LogP contribution in [0.15, 0.2) is 29.2 Å². The highest BCUT2D eigenvalue weighted by atomic mass is 16.1. The Bertz CT molecular complexity index is 790. The molecule has 2 fully saturated rings. The van der Waals surface area contributed by atoms with E-state index in [0.29, 0.717) is 11.7 Å². The number of anilines is 3. The first-order chi connectivity index (χ1) is 12.2. The van der Waals surface area contributed by atoms with Gasteiger partial charge in [-0.3, -0.25) is 4.79 Å². The lowest BCUT2D eigenvalue weighted by Gasteiger charge is -2.33. The summed E-state index contributed by atoms with van der Waals surface area (Å²) in [5.74, 6) is 2.63. The van der Waals surface area contributed by atoms with Gasteiger partial charge in [0.05, 0.1) is 0 Å². The van der Waals surface area contributed by atoms with Gasteiger partial charge in [-0.05, 0) is 43.2 Å². The van der Waals surface area contributed by atoms with Gasteiger partial charge in [-0.1, -0.05) is 0 Å². The van der Waals surface area contributed by atoms with Gasteiger partial charge in [-0.15, -0.1) is 0 Å². The zero-order valence-electron chi connectivity index (χ0n) is 14.3. The fraction of sp³-hybridized carbons (Fsp3) is 0.500. The minimum absolute atomic E-state index is 0.0289. The van der Waals surface area contributed by atoms with E-state index in [2.05, 4.69) is 19.8 Å². The summed E-state index contributed by atoms with van der Waals surface area (Å²) < 4.78 is 0. The second-order valence-electron chi connectivity index (χ2n) is 6.89. The van der Waals surface area contributed by atoms with Gasteiger partial charge < -0.3 is 20.5 Å². The second-order valence-corrected chi connectivity index (χ2v) is 6.89. The molecule has 2 aromatic heterocycles. The summed E-state index contributed by atoms with van der Waals surface area (Å²) in [7, 11) is 0. The Kier molecular flexibility index (Phi) is 4.29. The van der Waals surface area contributed by atoms with E-state index in [1.165, 1.54) is 12.8 Å². The first kappa shape index (κ1) is 15.9. The highest BCUT2D eigenvalue weighted by Gasteiger charge is 2.23. The molecule has 132 valence electrons. The van der Waals surface area contributed by atoms with Crippen molar-refractivity contribution in [1.82, 2.24) is 15.0 Å². The molecule has 0 saturated carbocycles. The summed E-state index contributed by atoms with van der Waals surface area (Å²) in [6.07, 6.45) is 6.13. The summed E-state index contributed by atoms with van der Waals surface area (Å²) in [4.78, 5) is 27.9. The lowest BCUT2D eigenvalue weighted by atomic mass is 9.90. The van der Waals surface area contributed by atoms with Crippen molar-refractivity contribution in [2.45, 2.75) is 31.6 Å². The van der Waals surface area contributed by atoms with Crippen molar-refractivity contribution < 1.29 is 0 Å². The Balaban J connectivity index is 1.48. The quantitative estimate of drug-likeness (QED) is 0.884. The van der Waals surface area contributed by atoms with Gasteiger partial charge in [0, 0.05) is 44.5 Å². The van der Waals surface area contributed by atoms with E-state index in [0.717, 1.165) is 56.4 Å². The van der Waals surface area contributed by atoms with E-state index in [9.17, 15) is 4.79 Å². The van der Waals surface area contributed by atoms with Crippen molar-refractivity contribution in [3.05, 3.63) is 40.3 Å². The number of hydrogen-bond donors (Lipinski definition) is 2. The largest absolute Gasteiger partial charge is 0.383 e. The molecule has 0 radical (unpaired) electrons. The van der Waals surface area contributed by atoms with E-state index in [4.69, 9.17) is 10.7 Å². The van der Waals surface area contributed by atoms with Gasteiger partial charge >= 0.3 is 0 Å². The van der Waals surface area contributed by atoms with Crippen LogP contribution < -0.4 is 21.1 Å². The highest BCUT2D eigenvalue weighted by molar-refractivity contribution is 5.53. The molecule has 2 aliphatic rings. The van der Waals surface area contributed by atoms with Crippen LogP contribution in [0, 0.1) is 0 Å². The molecule has 4 rings (SSSR count). The molecule has 0 amide bonds. The summed E-state index contributed by atoms with van der Waals surface area (Å²) in [6, 6.07) is 5.59. The fourth-order valence-electron chi connectivity index (χ4n) is 3.82. The van der Waals surface area contributed by atoms with Crippen LogP contribution in [-0.4, -0.2) is 41.1 Å². The van der Waals surface area contributed by atoms with E-state index in [1.807, 2.05) is 12.1 Å². The van der Waals surface area contributed by atoms with E-state index >= 15 is 0 Å². The zero-order chi connectivity index (χ0) is 17.2. The predicted molar refractivity (Wildman–Crippen MR) is 99.1 cm³/mol. The minimum atomic E-state index is -0.0289. The summed E-state index contributed by atoms with van der Waals surface area (Å²) >= 11 is 0. The number of nitrogens with two attached hydrogens (primary N) is 1. The van der Waals surface area contributed by atoms with Gasteiger partial charge in [-0.2, -0.15) is 9.97 Å². The molecule has 0 unspecified atom stereocenters. The molecule has 0 aromatic carbocycles. The maximum atomic E-state index is 11.5. The third-order valence-corrected chi connectivity index (χ3v) is 5.20. The first-order valence-corrected chi connectivity index (χ1v) is 9.02. The standard InChI is InChI=1S/C18H24N6O/c19-15-12-16(22-18(21-15)24-7-1-2-8-24)23-9-4-13(5-10-23)14-3-6-20-17(25)11-14/h3,6,11-13H,1-2,4-5,7-10H2,(H,20,25)(H2,19,21,22). The van der Waals surface area contributed by atoms with Crippen LogP contribution >= 0.6 is 0 Å². The van der Waals surface area contributed by atoms with Gasteiger partial charge in [-0.25, -0.2) is 0 Å². The molecule has 0 spiro atoms. The van der Waals surface area contributed by atoms with Gasteiger partial charge in [0.25, 0.3) is 0 Å². The number of nitrogen functional groups attached to an aromatic ring is 1. The Morgan fingerprint density at radius 1 is 1.04 bits per heavy atom. The number of aromatic amines is 1. The average Bonchev–Trinajstić information content (AvgIpc) is 3.16. The van der Waals surface area contributed by atoms with Crippen molar-refractivity contribution in [1.29, 1.82) is 0 Å². The number of hydrogen-bond acceptors (Lipinski definition) is 6. The molecule has 7 heteroatoms. The van der Waals surface area contributed by atoms with Gasteiger partial charge in [0.1, 0.15) is 11.6 Å². The Morgan fingerprint density at radius 2 is 1.80 bits per heavy atom. The Labute approximate surface area is 146 Å². The number of piperidine rings is 1. The molecule has 2 aliphatic heterocycles. The van der Waals surface area contributed by atoms with Crippen molar-refractivity contribution in [3.8, 4) is 0 Å². The molecular weight excluding hydrogens is 316 g/mol. The van der Waals surface area contributed by atoms with Crippen molar-refractivity contribution >= 4 is 17.6 Å². The second kappa shape index (κ2) is 6.74.